The number of carbonyl (C=O) groups is 3. The largest absolute Gasteiger partial charge is 0.512 e. The van der Waals surface area contributed by atoms with Gasteiger partial charge in [-0.2, -0.15) is 0 Å². The van der Waals surface area contributed by atoms with Crippen molar-refractivity contribution in [1.29, 1.82) is 0 Å². The van der Waals surface area contributed by atoms with Crippen molar-refractivity contribution < 1.29 is 61.0 Å². The normalized spacial score (nSPS) is 13.6. The fourth-order valence-corrected chi connectivity index (χ4v) is 1.67. The first-order valence-corrected chi connectivity index (χ1v) is 14.9. The number of hydrogen-bond acceptors (Lipinski definition) is 7. The van der Waals surface area contributed by atoms with E-state index < -0.39 is 16.2 Å². The van der Waals surface area contributed by atoms with Gasteiger partial charge in [0.1, 0.15) is 17.3 Å². The van der Waals surface area contributed by atoms with E-state index in [2.05, 4.69) is 0 Å². The van der Waals surface area contributed by atoms with E-state index in [4.69, 9.17) is 5.11 Å². The molecular weight excluding hydrogens is 636 g/mol. The van der Waals surface area contributed by atoms with Gasteiger partial charge in [0.25, 0.3) is 0 Å². The van der Waals surface area contributed by atoms with Crippen LogP contribution < -0.4 is 0 Å². The van der Waals surface area contributed by atoms with E-state index >= 15 is 0 Å². The molecule has 0 unspecified atom stereocenters. The van der Waals surface area contributed by atoms with Crippen LogP contribution in [0.2, 0.25) is 0 Å². The fourth-order valence-electron chi connectivity index (χ4n) is 1.67. The van der Waals surface area contributed by atoms with Gasteiger partial charge in [-0.3, -0.25) is 14.4 Å². The molecule has 0 saturated heterocycles. The van der Waals surface area contributed by atoms with Crippen LogP contribution in [0.3, 0.4) is 0 Å². The van der Waals surface area contributed by atoms with Crippen molar-refractivity contribution in [3.8, 4) is 0 Å². The van der Waals surface area contributed by atoms with Gasteiger partial charge in [0.15, 0.2) is 17.3 Å². The number of aliphatic hydroxyl groups is 4. The van der Waals surface area contributed by atoms with E-state index in [1.54, 1.807) is 13.8 Å². The number of rotatable bonds is 3. The first kappa shape index (κ1) is 52.0. The summed E-state index contributed by atoms with van der Waals surface area (Å²) in [5.74, 6) is 0.312. The van der Waals surface area contributed by atoms with E-state index in [1.165, 1.54) is 18.2 Å². The van der Waals surface area contributed by atoms with Gasteiger partial charge in [-0.1, -0.05) is 125 Å². The Morgan fingerprint density at radius 3 is 0.591 bits per heavy atom. The third-order valence-corrected chi connectivity index (χ3v) is 5.33. The second-order valence-electron chi connectivity index (χ2n) is 17.3. The molecule has 0 fully saturated rings. The summed E-state index contributed by atoms with van der Waals surface area (Å²) in [6.45, 7) is 36.8. The summed E-state index contributed by atoms with van der Waals surface area (Å²) < 4.78 is 0. The molecule has 0 rings (SSSR count). The average molecular weight is 704 g/mol. The van der Waals surface area contributed by atoms with E-state index in [9.17, 15) is 29.7 Å². The Balaban J connectivity index is -0.000000161. The number of allylic oxidation sites excluding steroid dienone is 6. The fraction of sp³-hybridized carbons (Fsp3) is 0.750. The number of ketones is 3. The number of aliphatic hydroxyl groups excluding tert-OH is 4. The Morgan fingerprint density at radius 1 is 0.409 bits per heavy atom. The van der Waals surface area contributed by atoms with Crippen molar-refractivity contribution in [2.24, 2.45) is 32.5 Å². The summed E-state index contributed by atoms with van der Waals surface area (Å²) in [5.41, 5.74) is -2.29. The molecule has 0 aliphatic heterocycles. The summed E-state index contributed by atoms with van der Waals surface area (Å²) in [7, 11) is 0. The van der Waals surface area contributed by atoms with Crippen molar-refractivity contribution in [2.75, 3.05) is 0 Å². The van der Waals surface area contributed by atoms with Crippen molar-refractivity contribution in [3.05, 3.63) is 35.5 Å². The first-order valence-electron chi connectivity index (χ1n) is 14.9. The second kappa shape index (κ2) is 19.9. The minimum absolute atomic E-state index is 0. The van der Waals surface area contributed by atoms with Gasteiger partial charge in [0, 0.05) is 83.0 Å². The van der Waals surface area contributed by atoms with Gasteiger partial charge in [0.2, 0.25) is 0 Å². The Kier molecular flexibility index (Phi) is 23.5. The molecule has 0 heterocycles. The van der Waals surface area contributed by atoms with Gasteiger partial charge >= 0.3 is 0 Å². The van der Waals surface area contributed by atoms with Crippen LogP contribution in [0.25, 0.3) is 0 Å². The van der Waals surface area contributed by atoms with Crippen molar-refractivity contribution >= 4 is 17.3 Å². The molecule has 0 aliphatic rings. The molecule has 0 atom stereocenters. The molecule has 258 valence electrons. The maximum Gasteiger partial charge on any atom is 0.164 e. The summed E-state index contributed by atoms with van der Waals surface area (Å²) in [6.07, 6.45) is 3.83. The molecule has 0 aromatic rings. The van der Waals surface area contributed by atoms with Gasteiger partial charge in [-0.15, -0.1) is 0 Å². The Morgan fingerprint density at radius 2 is 0.523 bits per heavy atom. The summed E-state index contributed by atoms with van der Waals surface area (Å²) in [6, 6.07) is 0. The van der Waals surface area contributed by atoms with E-state index in [1.807, 2.05) is 125 Å². The third kappa shape index (κ3) is 29.2. The Bertz CT molecular complexity index is 846. The molecular formula is C36H68O7Zr. The zero-order valence-corrected chi connectivity index (χ0v) is 34.3. The quantitative estimate of drug-likeness (QED) is 0.170. The summed E-state index contributed by atoms with van der Waals surface area (Å²) in [4.78, 5) is 34.5. The molecule has 44 heavy (non-hydrogen) atoms. The zero-order chi connectivity index (χ0) is 36.2. The zero-order valence-electron chi connectivity index (χ0n) is 31.8. The minimum Gasteiger partial charge on any atom is -0.512 e. The topological polar surface area (TPSA) is 132 Å². The SMILES string of the molecule is CC(C)(C)C(=O)/C=C(/O)C(C)(C)C.CC(C)(C)C(=O)/C=C(/O)C(C)(C)C.CC(C)(C)C(=O)/C=C(/O)C(C)(C)C.CC(C)O.[Zr]. The molecule has 0 aliphatic carbocycles. The number of hydrogen-bond donors (Lipinski definition) is 4. The summed E-state index contributed by atoms with van der Waals surface area (Å²) in [5, 5.41) is 36.7. The summed E-state index contributed by atoms with van der Waals surface area (Å²) >= 11 is 0. The standard InChI is InChI=1S/3C11H20O2.C3H8O.Zr/c3*1-10(2,3)8(12)7-9(13)11(4,5)6;1-3(2)4;/h3*7,12H,1-6H3;3-4H,1-2H3;/b3*8-7+;;. The van der Waals surface area contributed by atoms with Gasteiger partial charge in [0.05, 0.1) is 0 Å². The van der Waals surface area contributed by atoms with E-state index in [0.29, 0.717) is 0 Å². The van der Waals surface area contributed by atoms with Crippen molar-refractivity contribution in [1.82, 2.24) is 0 Å². The van der Waals surface area contributed by atoms with Crippen molar-refractivity contribution in [3.63, 3.8) is 0 Å². The number of carbonyl (C=O) groups excluding carboxylic acids is 3. The van der Waals surface area contributed by atoms with Crippen LogP contribution in [-0.2, 0) is 40.6 Å². The van der Waals surface area contributed by atoms with Gasteiger partial charge in [-0.25, -0.2) is 0 Å². The molecule has 0 amide bonds. The smallest absolute Gasteiger partial charge is 0.164 e. The maximum absolute atomic E-state index is 11.5. The van der Waals surface area contributed by atoms with E-state index in [-0.39, 0.29) is 83.2 Å². The molecule has 8 heteroatoms. The van der Waals surface area contributed by atoms with Gasteiger partial charge < -0.3 is 20.4 Å². The molecule has 0 aromatic heterocycles. The van der Waals surface area contributed by atoms with Crippen LogP contribution in [0.4, 0.5) is 0 Å². The van der Waals surface area contributed by atoms with Crippen LogP contribution in [0, 0.1) is 32.5 Å². The Hall–Kier alpha value is -1.53. The molecule has 0 spiro atoms. The van der Waals surface area contributed by atoms with Crippen LogP contribution in [0.5, 0.6) is 0 Å². The predicted octanol–water partition coefficient (Wildman–Crippen LogP) is 9.65. The van der Waals surface area contributed by atoms with Crippen molar-refractivity contribution in [2.45, 2.75) is 145 Å². The second-order valence-corrected chi connectivity index (χ2v) is 17.3. The van der Waals surface area contributed by atoms with Gasteiger partial charge in [-0.05, 0) is 13.8 Å². The van der Waals surface area contributed by atoms with E-state index in [0.717, 1.165) is 0 Å². The molecule has 0 saturated carbocycles. The molecule has 4 N–H and O–H groups in total. The predicted molar refractivity (Wildman–Crippen MR) is 181 cm³/mol. The molecule has 0 bridgehead atoms. The minimum atomic E-state index is -0.417. The average Bonchev–Trinajstić information content (AvgIpc) is 2.69. The van der Waals surface area contributed by atoms with Crippen LogP contribution in [0.1, 0.15) is 138 Å². The van der Waals surface area contributed by atoms with Crippen LogP contribution >= 0.6 is 0 Å². The monoisotopic (exact) mass is 702 g/mol. The third-order valence-electron chi connectivity index (χ3n) is 5.33. The molecule has 0 radical (unpaired) electrons. The van der Waals surface area contributed by atoms with Crippen LogP contribution in [-0.4, -0.2) is 43.9 Å². The maximum atomic E-state index is 11.5. The Labute approximate surface area is 289 Å². The first-order chi connectivity index (χ1) is 18.4. The molecule has 7 nitrogen and oxygen atoms in total. The molecule has 0 aromatic carbocycles. The van der Waals surface area contributed by atoms with Crippen LogP contribution in [0.15, 0.2) is 35.5 Å².